The number of methoxy groups -OCH3 is 1. The molecule has 0 radical (unpaired) electrons. The number of benzene rings is 1. The maximum atomic E-state index is 13.3. The molecular weight excluding hydrogens is 205 g/mol. The Hall–Kier alpha value is -1.09. The number of nitrogens with one attached hydrogen (secondary N) is 1. The van der Waals surface area contributed by atoms with Crippen molar-refractivity contribution in [3.05, 3.63) is 29.6 Å². The summed E-state index contributed by atoms with van der Waals surface area (Å²) in [7, 11) is 1.50. The largest absolute Gasteiger partial charge is 0.494 e. The molecule has 2 nitrogen and oxygen atoms in total. The number of halogens is 1. The molecule has 1 saturated carbocycles. The summed E-state index contributed by atoms with van der Waals surface area (Å²) in [6.07, 6.45) is 2.52. The molecule has 0 saturated heterocycles. The van der Waals surface area contributed by atoms with Crippen molar-refractivity contribution in [1.82, 2.24) is 5.32 Å². The van der Waals surface area contributed by atoms with Crippen LogP contribution < -0.4 is 10.1 Å². The van der Waals surface area contributed by atoms with E-state index in [1.165, 1.54) is 26.0 Å². The number of rotatable bonds is 5. The summed E-state index contributed by atoms with van der Waals surface area (Å²) in [5, 5.41) is 3.45. The van der Waals surface area contributed by atoms with Crippen molar-refractivity contribution >= 4 is 0 Å². The predicted molar refractivity (Wildman–Crippen MR) is 62.1 cm³/mol. The molecule has 0 aliphatic heterocycles. The highest BCUT2D eigenvalue weighted by atomic mass is 19.1. The molecule has 1 atom stereocenters. The quantitative estimate of drug-likeness (QED) is 0.828. The molecule has 0 amide bonds. The van der Waals surface area contributed by atoms with Crippen molar-refractivity contribution in [2.75, 3.05) is 13.7 Å². The van der Waals surface area contributed by atoms with E-state index in [0.29, 0.717) is 17.7 Å². The van der Waals surface area contributed by atoms with Gasteiger partial charge in [-0.1, -0.05) is 13.0 Å². The van der Waals surface area contributed by atoms with E-state index in [1.54, 1.807) is 6.07 Å². The third-order valence-corrected chi connectivity index (χ3v) is 3.05. The highest BCUT2D eigenvalue weighted by molar-refractivity contribution is 5.33. The lowest BCUT2D eigenvalue weighted by Crippen LogP contribution is -2.22. The Morgan fingerprint density at radius 1 is 1.50 bits per heavy atom. The van der Waals surface area contributed by atoms with Gasteiger partial charge in [-0.15, -0.1) is 0 Å². The molecule has 1 N–H and O–H groups in total. The van der Waals surface area contributed by atoms with Crippen LogP contribution in [0.1, 0.15) is 31.4 Å². The molecule has 1 aromatic rings. The summed E-state index contributed by atoms with van der Waals surface area (Å²) in [4.78, 5) is 0. The molecule has 0 bridgehead atoms. The first kappa shape index (κ1) is 11.4. The molecule has 1 unspecified atom stereocenters. The van der Waals surface area contributed by atoms with Gasteiger partial charge in [-0.3, -0.25) is 0 Å². The summed E-state index contributed by atoms with van der Waals surface area (Å²) >= 11 is 0. The lowest BCUT2D eigenvalue weighted by Gasteiger charge is -2.18. The average Bonchev–Trinajstić information content (AvgIpc) is 3.11. The fraction of sp³-hybridized carbons (Fsp3) is 0.538. The molecular formula is C13H18FNO. The van der Waals surface area contributed by atoms with Crippen LogP contribution in [-0.2, 0) is 0 Å². The van der Waals surface area contributed by atoms with Crippen LogP contribution in [0.4, 0.5) is 4.39 Å². The van der Waals surface area contributed by atoms with E-state index < -0.39 is 0 Å². The Labute approximate surface area is 95.8 Å². The van der Waals surface area contributed by atoms with Gasteiger partial charge in [-0.25, -0.2) is 4.39 Å². The first-order valence-corrected chi connectivity index (χ1v) is 5.83. The van der Waals surface area contributed by atoms with E-state index in [0.717, 1.165) is 12.1 Å². The van der Waals surface area contributed by atoms with E-state index in [9.17, 15) is 4.39 Å². The van der Waals surface area contributed by atoms with Crippen LogP contribution in [0.2, 0.25) is 0 Å². The number of hydrogen-bond acceptors (Lipinski definition) is 2. The molecule has 1 aliphatic carbocycles. The third kappa shape index (κ3) is 2.35. The Bertz CT molecular complexity index is 363. The molecule has 0 spiro atoms. The van der Waals surface area contributed by atoms with E-state index in [4.69, 9.17) is 4.74 Å². The summed E-state index contributed by atoms with van der Waals surface area (Å²) in [6, 6.07) is 5.49. The van der Waals surface area contributed by atoms with Crippen LogP contribution in [0.5, 0.6) is 5.75 Å². The molecule has 1 aromatic carbocycles. The normalized spacial score (nSPS) is 17.2. The SMILES string of the molecule is CCNC(c1ccc(F)c(OC)c1)C1CC1. The van der Waals surface area contributed by atoms with Gasteiger partial charge in [0.25, 0.3) is 0 Å². The monoisotopic (exact) mass is 223 g/mol. The van der Waals surface area contributed by atoms with Crippen molar-refractivity contribution in [2.45, 2.75) is 25.8 Å². The zero-order valence-electron chi connectivity index (χ0n) is 9.79. The van der Waals surface area contributed by atoms with Crippen molar-refractivity contribution in [1.29, 1.82) is 0 Å². The van der Waals surface area contributed by atoms with Crippen LogP contribution in [-0.4, -0.2) is 13.7 Å². The molecule has 0 aromatic heterocycles. The van der Waals surface area contributed by atoms with Gasteiger partial charge in [0.1, 0.15) is 0 Å². The van der Waals surface area contributed by atoms with Crippen LogP contribution in [0.3, 0.4) is 0 Å². The van der Waals surface area contributed by atoms with E-state index in [2.05, 4.69) is 12.2 Å². The molecule has 0 heterocycles. The average molecular weight is 223 g/mol. The topological polar surface area (TPSA) is 21.3 Å². The zero-order chi connectivity index (χ0) is 11.5. The maximum Gasteiger partial charge on any atom is 0.165 e. The highest BCUT2D eigenvalue weighted by Crippen LogP contribution is 2.41. The van der Waals surface area contributed by atoms with Crippen LogP contribution in [0.15, 0.2) is 18.2 Å². The van der Waals surface area contributed by atoms with Gasteiger partial charge in [0.05, 0.1) is 7.11 Å². The van der Waals surface area contributed by atoms with Gasteiger partial charge in [0.2, 0.25) is 0 Å². The molecule has 2 rings (SSSR count). The van der Waals surface area contributed by atoms with Crippen LogP contribution >= 0.6 is 0 Å². The Balaban J connectivity index is 2.23. The van der Waals surface area contributed by atoms with Crippen molar-refractivity contribution in [3.8, 4) is 5.75 Å². The summed E-state index contributed by atoms with van der Waals surface area (Å²) in [5.41, 5.74) is 1.13. The van der Waals surface area contributed by atoms with Gasteiger partial charge < -0.3 is 10.1 Å². The van der Waals surface area contributed by atoms with Crippen LogP contribution in [0.25, 0.3) is 0 Å². The second-order valence-electron chi connectivity index (χ2n) is 4.27. The first-order valence-electron chi connectivity index (χ1n) is 5.83. The number of ether oxygens (including phenoxy) is 1. The van der Waals surface area contributed by atoms with E-state index in [-0.39, 0.29) is 5.82 Å². The van der Waals surface area contributed by atoms with Gasteiger partial charge >= 0.3 is 0 Å². The van der Waals surface area contributed by atoms with Crippen molar-refractivity contribution in [2.24, 2.45) is 5.92 Å². The molecule has 16 heavy (non-hydrogen) atoms. The standard InChI is InChI=1S/C13H18FNO/c1-3-15-13(9-4-5-9)10-6-7-11(14)12(8-10)16-2/h6-9,13,15H,3-5H2,1-2H3. The minimum atomic E-state index is -0.294. The van der Waals surface area contributed by atoms with Gasteiger partial charge in [0, 0.05) is 6.04 Å². The Morgan fingerprint density at radius 2 is 2.25 bits per heavy atom. The minimum absolute atomic E-state index is 0.294. The second kappa shape index (κ2) is 4.83. The maximum absolute atomic E-state index is 13.3. The fourth-order valence-corrected chi connectivity index (χ4v) is 2.08. The van der Waals surface area contributed by atoms with Gasteiger partial charge in [-0.2, -0.15) is 0 Å². The molecule has 1 fully saturated rings. The lowest BCUT2D eigenvalue weighted by atomic mass is 10.0. The molecule has 88 valence electrons. The Morgan fingerprint density at radius 3 is 2.81 bits per heavy atom. The van der Waals surface area contributed by atoms with Crippen LogP contribution in [0, 0.1) is 11.7 Å². The first-order chi connectivity index (χ1) is 7.76. The predicted octanol–water partition coefficient (Wildman–Crippen LogP) is 2.89. The summed E-state index contributed by atoms with van der Waals surface area (Å²) in [5.74, 6) is 0.744. The van der Waals surface area contributed by atoms with E-state index in [1.807, 2.05) is 6.07 Å². The highest BCUT2D eigenvalue weighted by Gasteiger charge is 2.31. The van der Waals surface area contributed by atoms with Gasteiger partial charge in [-0.05, 0) is 43.0 Å². The van der Waals surface area contributed by atoms with Gasteiger partial charge in [0.15, 0.2) is 11.6 Å². The molecule has 1 aliphatic rings. The minimum Gasteiger partial charge on any atom is -0.494 e. The van der Waals surface area contributed by atoms with Crippen molar-refractivity contribution < 1.29 is 9.13 Å². The third-order valence-electron chi connectivity index (χ3n) is 3.05. The Kier molecular flexibility index (Phi) is 3.44. The molecule has 3 heteroatoms. The van der Waals surface area contributed by atoms with Crippen molar-refractivity contribution in [3.63, 3.8) is 0 Å². The zero-order valence-corrected chi connectivity index (χ0v) is 9.79. The summed E-state index contributed by atoms with van der Waals surface area (Å²) in [6.45, 7) is 3.02. The summed E-state index contributed by atoms with van der Waals surface area (Å²) < 4.78 is 18.3. The second-order valence-corrected chi connectivity index (χ2v) is 4.27. The smallest absolute Gasteiger partial charge is 0.165 e. The lowest BCUT2D eigenvalue weighted by molar-refractivity contribution is 0.384. The number of hydrogen-bond donors (Lipinski definition) is 1. The fourth-order valence-electron chi connectivity index (χ4n) is 2.08. The van der Waals surface area contributed by atoms with E-state index >= 15 is 0 Å².